The van der Waals surface area contributed by atoms with Crippen LogP contribution in [0.25, 0.3) is 0 Å². The molecule has 168 valence electrons. The topological polar surface area (TPSA) is 59.2 Å². The molecule has 31 heavy (non-hydrogen) atoms. The van der Waals surface area contributed by atoms with Crippen LogP contribution in [-0.4, -0.2) is 34.5 Å². The molecule has 0 aromatic carbocycles. The van der Waals surface area contributed by atoms with Crippen LogP contribution in [0.2, 0.25) is 0 Å². The van der Waals surface area contributed by atoms with E-state index in [1.807, 2.05) is 0 Å². The van der Waals surface area contributed by atoms with Crippen molar-refractivity contribution in [3.05, 3.63) is 41.8 Å². The van der Waals surface area contributed by atoms with Gasteiger partial charge in [-0.3, -0.25) is 0 Å². The highest BCUT2D eigenvalue weighted by Crippen LogP contribution is 2.45. The first-order chi connectivity index (χ1) is 14.7. The lowest BCUT2D eigenvalue weighted by molar-refractivity contribution is -0.711. The first-order valence-corrected chi connectivity index (χ1v) is 11.7. The third kappa shape index (κ3) is 5.70. The third-order valence-electron chi connectivity index (χ3n) is 7.11. The molecule has 0 radical (unpaired) electrons. The number of hydrogen-bond donors (Lipinski definition) is 2. The number of fused-ring (bicyclic) bond motifs is 1. The summed E-state index contributed by atoms with van der Waals surface area (Å²) in [5.41, 5.74) is 11.8. The van der Waals surface area contributed by atoms with E-state index in [0.29, 0.717) is 17.2 Å². The molecule has 2 unspecified atom stereocenters. The summed E-state index contributed by atoms with van der Waals surface area (Å²) in [6, 6.07) is 0. The average Bonchev–Trinajstić information content (AvgIpc) is 3.02. The normalized spacial score (nSPS) is 23.6. The Kier molecular flexibility index (Phi) is 7.47. The quantitative estimate of drug-likeness (QED) is 0.469. The average molecular weight is 424 g/mol. The molecule has 5 heteroatoms. The van der Waals surface area contributed by atoms with Gasteiger partial charge in [0.1, 0.15) is 6.33 Å². The molecule has 1 saturated carbocycles. The van der Waals surface area contributed by atoms with Gasteiger partial charge in [0, 0.05) is 0 Å². The van der Waals surface area contributed by atoms with Gasteiger partial charge in [-0.25, -0.2) is 9.88 Å². The summed E-state index contributed by atoms with van der Waals surface area (Å²) < 4.78 is 2.16. The van der Waals surface area contributed by atoms with Gasteiger partial charge in [0.05, 0.1) is 7.05 Å². The Morgan fingerprint density at radius 1 is 1.26 bits per heavy atom. The molecule has 3 N–H and O–H groups in total. The summed E-state index contributed by atoms with van der Waals surface area (Å²) in [6.07, 6.45) is 16.8. The summed E-state index contributed by atoms with van der Waals surface area (Å²) in [5, 5.41) is 0. The van der Waals surface area contributed by atoms with Gasteiger partial charge < -0.3 is 5.73 Å². The van der Waals surface area contributed by atoms with Crippen LogP contribution in [-0.2, 0) is 0 Å². The van der Waals surface area contributed by atoms with Crippen LogP contribution < -0.4 is 10.6 Å². The Bertz CT molecular complexity index is 906. The molecule has 0 saturated heterocycles. The zero-order valence-electron chi connectivity index (χ0n) is 20.2. The number of rotatable bonds is 8. The fourth-order valence-corrected chi connectivity index (χ4v) is 5.11. The van der Waals surface area contributed by atoms with Crippen LogP contribution in [0.3, 0.4) is 0 Å². The van der Waals surface area contributed by atoms with Crippen molar-refractivity contribution in [3.63, 3.8) is 0 Å². The maximum atomic E-state index is 6.09. The molecule has 5 nitrogen and oxygen atoms in total. The Morgan fingerprint density at radius 3 is 2.74 bits per heavy atom. The molecule has 2 atom stereocenters. The summed E-state index contributed by atoms with van der Waals surface area (Å²) in [6.45, 7) is 14.5. The highest BCUT2D eigenvalue weighted by atomic mass is 15.3. The molecule has 2 aliphatic rings. The molecule has 1 aromatic rings. The second-order valence-corrected chi connectivity index (χ2v) is 10.2. The maximum Gasteiger partial charge on any atom is 0.337 e. The van der Waals surface area contributed by atoms with Gasteiger partial charge >= 0.3 is 17.8 Å². The van der Waals surface area contributed by atoms with E-state index in [1.54, 1.807) is 0 Å². The fraction of sp³-hybridized carbons (Fsp3) is 0.577. The van der Waals surface area contributed by atoms with Gasteiger partial charge in [-0.1, -0.05) is 43.2 Å². The number of nitrogen functional groups attached to an aromatic ring is 1. The lowest BCUT2D eigenvalue weighted by Crippen LogP contribution is -3.02. The van der Waals surface area contributed by atoms with E-state index >= 15 is 0 Å². The minimum atomic E-state index is 0.407. The predicted molar refractivity (Wildman–Crippen MR) is 130 cm³/mol. The van der Waals surface area contributed by atoms with Gasteiger partial charge in [-0.15, -0.1) is 4.58 Å². The van der Waals surface area contributed by atoms with Crippen LogP contribution in [0.1, 0.15) is 72.6 Å². The molecule has 1 aliphatic carbocycles. The largest absolute Gasteiger partial charge is 0.378 e. The molecule has 0 bridgehead atoms. The lowest BCUT2D eigenvalue weighted by atomic mass is 9.65. The first kappa shape index (κ1) is 23.4. The highest BCUT2D eigenvalue weighted by Gasteiger charge is 2.35. The Labute approximate surface area is 188 Å². The fourth-order valence-electron chi connectivity index (χ4n) is 5.11. The van der Waals surface area contributed by atoms with Crippen LogP contribution in [0.4, 0.5) is 17.3 Å². The zero-order chi connectivity index (χ0) is 22.6. The van der Waals surface area contributed by atoms with E-state index in [9.17, 15) is 0 Å². The molecular weight excluding hydrogens is 382 g/mol. The standard InChI is InChI=1S/C26H40N5/c1-19(12-13-22-21(3)11-8-15-26(22,4)5)9-7-10-20(2)14-16-31-18-30(6)25-23(31)24(27)28-17-29-25/h9,14,17-18,22H,3,7-8,10-13,15-16H2,1-2,4-6H3,(H2,27,28,29)/q+1/p+1. The van der Waals surface area contributed by atoms with E-state index in [2.05, 4.69) is 74.4 Å². The van der Waals surface area contributed by atoms with Gasteiger partial charge in [-0.05, 0) is 76.2 Å². The van der Waals surface area contributed by atoms with Crippen molar-refractivity contribution in [3.8, 4) is 0 Å². The Morgan fingerprint density at radius 2 is 2.00 bits per heavy atom. The van der Waals surface area contributed by atoms with E-state index in [1.165, 1.54) is 55.2 Å². The van der Waals surface area contributed by atoms with Crippen LogP contribution >= 0.6 is 0 Å². The van der Waals surface area contributed by atoms with E-state index in [0.717, 1.165) is 35.8 Å². The summed E-state index contributed by atoms with van der Waals surface area (Å²) in [5.74, 6) is 2.16. The van der Waals surface area contributed by atoms with Crippen molar-refractivity contribution in [2.45, 2.75) is 72.6 Å². The number of nitrogens with one attached hydrogen (secondary N) is 1. The number of aromatic nitrogens is 2. The van der Waals surface area contributed by atoms with Crippen molar-refractivity contribution in [2.75, 3.05) is 19.3 Å². The monoisotopic (exact) mass is 423 g/mol. The molecule has 1 fully saturated rings. The van der Waals surface area contributed by atoms with Crippen LogP contribution in [0.15, 0.2) is 41.8 Å². The second-order valence-electron chi connectivity index (χ2n) is 10.2. The minimum absolute atomic E-state index is 0.407. The van der Waals surface area contributed by atoms with Crippen molar-refractivity contribution in [1.82, 2.24) is 9.97 Å². The number of allylic oxidation sites excluding steroid dienone is 4. The molecule has 2 heterocycles. The first-order valence-electron chi connectivity index (χ1n) is 11.7. The van der Waals surface area contributed by atoms with Crippen molar-refractivity contribution in [2.24, 2.45) is 11.3 Å². The van der Waals surface area contributed by atoms with E-state index in [4.69, 9.17) is 5.73 Å². The molecule has 3 rings (SSSR count). The van der Waals surface area contributed by atoms with Gasteiger partial charge in [0.25, 0.3) is 0 Å². The number of hydrogen-bond acceptors (Lipinski definition) is 3. The number of quaternary nitrogens is 1. The molecule has 0 spiro atoms. The smallest absolute Gasteiger partial charge is 0.337 e. The summed E-state index contributed by atoms with van der Waals surface area (Å²) >= 11 is 0. The third-order valence-corrected chi connectivity index (χ3v) is 7.11. The Hall–Kier alpha value is -2.27. The summed E-state index contributed by atoms with van der Waals surface area (Å²) in [4.78, 5) is 9.67. The minimum Gasteiger partial charge on any atom is -0.378 e. The zero-order valence-corrected chi connectivity index (χ0v) is 20.2. The number of nitrogens with zero attached hydrogens (tertiary/aromatic N) is 3. The predicted octanol–water partition coefficient (Wildman–Crippen LogP) is 4.73. The molecule has 0 amide bonds. The SMILES string of the molecule is C=C1CCCC(C)(C)C1CCC(C)=CCCC(C)=CC[N+]1=C[NH+](C)c2ncnc(N)c21. The van der Waals surface area contributed by atoms with Crippen LogP contribution in [0, 0.1) is 11.3 Å². The van der Waals surface area contributed by atoms with E-state index < -0.39 is 0 Å². The van der Waals surface area contributed by atoms with Crippen molar-refractivity contribution in [1.29, 1.82) is 0 Å². The molecule has 1 aliphatic heterocycles. The summed E-state index contributed by atoms with van der Waals surface area (Å²) in [7, 11) is 2.07. The van der Waals surface area contributed by atoms with Gasteiger partial charge in [0.15, 0.2) is 6.54 Å². The lowest BCUT2D eigenvalue weighted by Gasteiger charge is -2.40. The number of nitrogens with two attached hydrogens (primary N) is 1. The number of anilines is 1. The van der Waals surface area contributed by atoms with Gasteiger partial charge in [-0.2, -0.15) is 4.98 Å². The second kappa shape index (κ2) is 9.90. The molecular formula is C26H41N5+2. The van der Waals surface area contributed by atoms with Crippen molar-refractivity contribution < 1.29 is 9.48 Å². The highest BCUT2D eigenvalue weighted by molar-refractivity contribution is 5.68. The van der Waals surface area contributed by atoms with Gasteiger partial charge in [0.2, 0.25) is 5.82 Å². The van der Waals surface area contributed by atoms with Crippen molar-refractivity contribution >= 4 is 23.7 Å². The van der Waals surface area contributed by atoms with E-state index in [-0.39, 0.29) is 0 Å². The maximum absolute atomic E-state index is 6.09. The Balaban J connectivity index is 1.48. The van der Waals surface area contributed by atoms with Crippen LogP contribution in [0.5, 0.6) is 0 Å². The molecule has 1 aromatic heterocycles.